The maximum Gasteiger partial charge on any atom is 0.138 e. The third kappa shape index (κ3) is 1.51. The molecule has 0 atom stereocenters. The molecule has 0 spiro atoms. The Bertz CT molecular complexity index is 218. The van der Waals surface area contributed by atoms with Crippen LogP contribution in [0.5, 0.6) is 0 Å². The summed E-state index contributed by atoms with van der Waals surface area (Å²) in [6, 6.07) is 0. The van der Waals surface area contributed by atoms with Crippen LogP contribution in [-0.4, -0.2) is 9.97 Å². The number of alkyl halides is 1. The molecule has 1 aromatic rings. The topological polar surface area (TPSA) is 25.8 Å². The molecule has 54 valence electrons. The van der Waals surface area contributed by atoms with Crippen LogP contribution < -0.4 is 0 Å². The van der Waals surface area contributed by atoms with Crippen molar-refractivity contribution in [1.29, 1.82) is 0 Å². The van der Waals surface area contributed by atoms with Crippen LogP contribution in [-0.2, 0) is 5.88 Å². The van der Waals surface area contributed by atoms with Gasteiger partial charge in [0.25, 0.3) is 0 Å². The Morgan fingerprint density at radius 1 is 1.20 bits per heavy atom. The van der Waals surface area contributed by atoms with Gasteiger partial charge in [-0.3, -0.25) is 0 Å². The molecule has 0 saturated carbocycles. The van der Waals surface area contributed by atoms with Crippen LogP contribution in [0.2, 0.25) is 10.3 Å². The van der Waals surface area contributed by atoms with Gasteiger partial charge in [-0.2, -0.15) is 0 Å². The van der Waals surface area contributed by atoms with Gasteiger partial charge in [-0.15, -0.1) is 11.6 Å². The first kappa shape index (κ1) is 8.05. The van der Waals surface area contributed by atoms with Crippen molar-refractivity contribution in [3.05, 3.63) is 22.2 Å². The number of hydrogen-bond acceptors (Lipinski definition) is 2. The first-order valence-electron chi connectivity index (χ1n) is 2.46. The zero-order valence-corrected chi connectivity index (χ0v) is 7.08. The van der Waals surface area contributed by atoms with Crippen LogP contribution in [0.25, 0.3) is 0 Å². The lowest BCUT2D eigenvalue weighted by Gasteiger charge is -1.97. The molecule has 0 aliphatic rings. The Labute approximate surface area is 73.1 Å². The van der Waals surface area contributed by atoms with Gasteiger partial charge in [0.15, 0.2) is 0 Å². The summed E-state index contributed by atoms with van der Waals surface area (Å²) in [7, 11) is 0. The summed E-state index contributed by atoms with van der Waals surface area (Å²) in [5.41, 5.74) is 0.576. The second-order valence-corrected chi connectivity index (χ2v) is 2.55. The lowest BCUT2D eigenvalue weighted by Crippen LogP contribution is -1.88. The molecule has 0 unspecified atom stereocenters. The summed E-state index contributed by atoms with van der Waals surface area (Å²) in [4.78, 5) is 7.39. The Kier molecular flexibility index (Phi) is 2.72. The van der Waals surface area contributed by atoms with E-state index in [4.69, 9.17) is 34.8 Å². The van der Waals surface area contributed by atoms with Crippen molar-refractivity contribution >= 4 is 34.8 Å². The molecule has 2 nitrogen and oxygen atoms in total. The minimum Gasteiger partial charge on any atom is -0.224 e. The van der Waals surface area contributed by atoms with Gasteiger partial charge in [0.1, 0.15) is 16.6 Å². The lowest BCUT2D eigenvalue weighted by molar-refractivity contribution is 1.12. The predicted octanol–water partition coefficient (Wildman–Crippen LogP) is 2.52. The SMILES string of the molecule is ClCc1c(Cl)ncnc1Cl. The van der Waals surface area contributed by atoms with Gasteiger partial charge in [0.2, 0.25) is 0 Å². The van der Waals surface area contributed by atoms with Gasteiger partial charge in [-0.05, 0) is 0 Å². The quantitative estimate of drug-likeness (QED) is 0.511. The molecule has 0 fully saturated rings. The molecule has 1 heterocycles. The summed E-state index contributed by atoms with van der Waals surface area (Å²) in [6.45, 7) is 0. The Morgan fingerprint density at radius 2 is 1.70 bits per heavy atom. The van der Waals surface area contributed by atoms with E-state index in [1.54, 1.807) is 0 Å². The largest absolute Gasteiger partial charge is 0.224 e. The number of nitrogens with zero attached hydrogens (tertiary/aromatic N) is 2. The van der Waals surface area contributed by atoms with Gasteiger partial charge in [-0.1, -0.05) is 23.2 Å². The summed E-state index contributed by atoms with van der Waals surface area (Å²) in [5.74, 6) is 0.235. The van der Waals surface area contributed by atoms with E-state index in [1.807, 2.05) is 0 Å². The van der Waals surface area contributed by atoms with Crippen LogP contribution in [0.3, 0.4) is 0 Å². The monoisotopic (exact) mass is 196 g/mol. The maximum absolute atomic E-state index is 5.61. The molecule has 0 amide bonds. The Hall–Kier alpha value is -0.0500. The van der Waals surface area contributed by atoms with E-state index in [1.165, 1.54) is 6.33 Å². The average molecular weight is 197 g/mol. The molecule has 5 heteroatoms. The van der Waals surface area contributed by atoms with Gasteiger partial charge in [0, 0.05) is 5.56 Å². The Morgan fingerprint density at radius 3 is 2.00 bits per heavy atom. The number of halogens is 3. The molecule has 1 rings (SSSR count). The third-order valence-corrected chi connectivity index (χ3v) is 1.89. The van der Waals surface area contributed by atoms with Crippen LogP contribution in [0.4, 0.5) is 0 Å². The second-order valence-electron chi connectivity index (χ2n) is 1.57. The van der Waals surface area contributed by atoms with E-state index < -0.39 is 0 Å². The van der Waals surface area contributed by atoms with Crippen molar-refractivity contribution in [3.8, 4) is 0 Å². The van der Waals surface area contributed by atoms with E-state index in [-0.39, 0.29) is 5.88 Å². The van der Waals surface area contributed by atoms with Crippen molar-refractivity contribution in [2.24, 2.45) is 0 Å². The highest BCUT2D eigenvalue weighted by molar-refractivity contribution is 6.35. The van der Waals surface area contributed by atoms with E-state index in [0.29, 0.717) is 15.9 Å². The smallest absolute Gasteiger partial charge is 0.138 e. The van der Waals surface area contributed by atoms with Crippen molar-refractivity contribution in [2.75, 3.05) is 0 Å². The zero-order valence-electron chi connectivity index (χ0n) is 4.81. The molecular weight excluding hydrogens is 194 g/mol. The second kappa shape index (κ2) is 3.37. The van der Waals surface area contributed by atoms with Crippen molar-refractivity contribution < 1.29 is 0 Å². The van der Waals surface area contributed by atoms with E-state index in [0.717, 1.165) is 0 Å². The third-order valence-electron chi connectivity index (χ3n) is 0.974. The lowest BCUT2D eigenvalue weighted by atomic mass is 10.4. The van der Waals surface area contributed by atoms with Gasteiger partial charge < -0.3 is 0 Å². The molecule has 0 N–H and O–H groups in total. The molecule has 0 aromatic carbocycles. The number of hydrogen-bond donors (Lipinski definition) is 0. The molecule has 0 aliphatic carbocycles. The summed E-state index contributed by atoms with van der Waals surface area (Å²) in [6.07, 6.45) is 1.29. The summed E-state index contributed by atoms with van der Waals surface area (Å²) < 4.78 is 0. The van der Waals surface area contributed by atoms with Crippen molar-refractivity contribution in [2.45, 2.75) is 5.88 Å². The predicted molar refractivity (Wildman–Crippen MR) is 41.6 cm³/mol. The number of aromatic nitrogens is 2. The fraction of sp³-hybridized carbons (Fsp3) is 0.200. The standard InChI is InChI=1S/C5H3Cl3N2/c6-1-3-4(7)9-2-10-5(3)8/h2H,1H2. The first-order chi connectivity index (χ1) is 4.75. The normalized spacial score (nSPS) is 9.90. The Balaban J connectivity index is 3.17. The fourth-order valence-electron chi connectivity index (χ4n) is 0.481. The van der Waals surface area contributed by atoms with Gasteiger partial charge in [-0.25, -0.2) is 9.97 Å². The van der Waals surface area contributed by atoms with Gasteiger partial charge in [0.05, 0.1) is 5.88 Å². The van der Waals surface area contributed by atoms with Gasteiger partial charge >= 0.3 is 0 Å². The highest BCUT2D eigenvalue weighted by atomic mass is 35.5. The highest BCUT2D eigenvalue weighted by Gasteiger charge is 2.04. The number of rotatable bonds is 1. The molecule has 0 aliphatic heterocycles. The molecular formula is C5H3Cl3N2. The van der Waals surface area contributed by atoms with Crippen LogP contribution in [0, 0.1) is 0 Å². The van der Waals surface area contributed by atoms with Crippen molar-refractivity contribution in [3.63, 3.8) is 0 Å². The molecule has 0 bridgehead atoms. The summed E-state index contributed by atoms with van der Waals surface area (Å²) in [5, 5.41) is 0.630. The minimum atomic E-state index is 0.235. The average Bonchev–Trinajstić information content (AvgIpc) is 1.88. The van der Waals surface area contributed by atoms with Crippen LogP contribution >= 0.6 is 34.8 Å². The fourth-order valence-corrected chi connectivity index (χ4v) is 1.32. The van der Waals surface area contributed by atoms with Crippen LogP contribution in [0.1, 0.15) is 5.56 Å². The molecule has 0 saturated heterocycles. The van der Waals surface area contributed by atoms with E-state index in [2.05, 4.69) is 9.97 Å². The van der Waals surface area contributed by atoms with E-state index >= 15 is 0 Å². The summed E-state index contributed by atoms with van der Waals surface area (Å²) >= 11 is 16.7. The van der Waals surface area contributed by atoms with Crippen LogP contribution in [0.15, 0.2) is 6.33 Å². The highest BCUT2D eigenvalue weighted by Crippen LogP contribution is 2.20. The van der Waals surface area contributed by atoms with Crippen molar-refractivity contribution in [1.82, 2.24) is 9.97 Å². The first-order valence-corrected chi connectivity index (χ1v) is 3.75. The molecule has 10 heavy (non-hydrogen) atoms. The molecule has 0 radical (unpaired) electrons. The van der Waals surface area contributed by atoms with E-state index in [9.17, 15) is 0 Å². The zero-order chi connectivity index (χ0) is 7.56. The maximum atomic E-state index is 5.61. The minimum absolute atomic E-state index is 0.235. The molecule has 1 aromatic heterocycles.